The summed E-state index contributed by atoms with van der Waals surface area (Å²) in [6.07, 6.45) is 2.88. The second-order valence-corrected chi connectivity index (χ2v) is 19.0. The first-order chi connectivity index (χ1) is 12.6. The summed E-state index contributed by atoms with van der Waals surface area (Å²) in [5.74, 6) is 1.84. The van der Waals surface area contributed by atoms with Crippen LogP contribution in [0.4, 0.5) is 0 Å². The molecule has 0 aromatic carbocycles. The fourth-order valence-corrected chi connectivity index (χ4v) is 20.7. The standard InChI is InChI=1S/C12H27OSi.3C3H7O.Zr/c1-10(2)7-14(13,8-11(3)4)9-12(5)6;3*1-2-3-4;/h10-12H,7-9H2,1-6H3;3*2-3H2,1H3;/q4*-1;+4. The predicted molar refractivity (Wildman–Crippen MR) is 115 cm³/mol. The summed E-state index contributed by atoms with van der Waals surface area (Å²) in [7, 11) is -2.05. The van der Waals surface area contributed by atoms with Crippen LogP contribution in [-0.2, 0) is 33.0 Å². The fourth-order valence-electron chi connectivity index (χ4n) is 3.77. The van der Waals surface area contributed by atoms with Gasteiger partial charge < -0.3 is 0 Å². The van der Waals surface area contributed by atoms with Crippen molar-refractivity contribution in [3.05, 3.63) is 0 Å². The zero-order chi connectivity index (χ0) is 20.9. The van der Waals surface area contributed by atoms with Gasteiger partial charge in [-0.25, -0.2) is 0 Å². The van der Waals surface area contributed by atoms with Crippen molar-refractivity contribution in [2.75, 3.05) is 19.8 Å². The van der Waals surface area contributed by atoms with Gasteiger partial charge in [0.2, 0.25) is 0 Å². The van der Waals surface area contributed by atoms with Crippen LogP contribution in [0.3, 0.4) is 0 Å². The molecule has 0 fully saturated rings. The Balaban J connectivity index is 5.90. The minimum absolute atomic E-state index is 0.613. The summed E-state index contributed by atoms with van der Waals surface area (Å²) in [5, 5.41) is 0. The summed E-state index contributed by atoms with van der Waals surface area (Å²) in [6, 6.07) is 3.47. The molecular weight excluding hydrogens is 436 g/mol. The topological polar surface area (TPSA) is 36.9 Å². The first-order valence-electron chi connectivity index (χ1n) is 11.3. The molecule has 0 amide bonds. The van der Waals surface area contributed by atoms with Crippen molar-refractivity contribution in [2.45, 2.75) is 99.7 Å². The normalized spacial score (nSPS) is 13.3. The summed E-state index contributed by atoms with van der Waals surface area (Å²) in [4.78, 5) is 0. The van der Waals surface area contributed by atoms with Crippen LogP contribution in [0.1, 0.15) is 81.6 Å². The van der Waals surface area contributed by atoms with Crippen LogP contribution in [0.15, 0.2) is 0 Å². The van der Waals surface area contributed by atoms with Crippen LogP contribution in [0, 0.1) is 17.8 Å². The van der Waals surface area contributed by atoms with E-state index in [1.807, 2.05) is 0 Å². The average Bonchev–Trinajstić information content (AvgIpc) is 2.54. The molecule has 4 nitrogen and oxygen atoms in total. The van der Waals surface area contributed by atoms with Gasteiger partial charge in [0.15, 0.2) is 0 Å². The Morgan fingerprint density at radius 3 is 1.11 bits per heavy atom. The van der Waals surface area contributed by atoms with Gasteiger partial charge in [0.05, 0.1) is 0 Å². The number of rotatable bonds is 17. The van der Waals surface area contributed by atoms with Gasteiger partial charge in [0.1, 0.15) is 0 Å². The molecule has 0 unspecified atom stereocenters. The zero-order valence-corrected chi connectivity index (χ0v) is 23.2. The van der Waals surface area contributed by atoms with Crippen LogP contribution < -0.4 is 0 Å². The average molecular weight is 484 g/mol. The Labute approximate surface area is 178 Å². The molecule has 0 heterocycles. The van der Waals surface area contributed by atoms with E-state index in [2.05, 4.69) is 62.3 Å². The van der Waals surface area contributed by atoms with Gasteiger partial charge in [-0.05, 0) is 0 Å². The van der Waals surface area contributed by atoms with Crippen LogP contribution in [0.2, 0.25) is 18.1 Å². The summed E-state index contributed by atoms with van der Waals surface area (Å²) in [5.41, 5.74) is 0. The van der Waals surface area contributed by atoms with E-state index in [9.17, 15) is 0 Å². The third kappa shape index (κ3) is 12.3. The minimum atomic E-state index is -4.05. The Hall–Kier alpha value is 0.940. The first-order valence-corrected chi connectivity index (χ1v) is 17.8. The number of hydrogen-bond acceptors (Lipinski definition) is 4. The van der Waals surface area contributed by atoms with Crippen molar-refractivity contribution in [1.29, 1.82) is 0 Å². The second-order valence-electron chi connectivity index (χ2n) is 9.12. The van der Waals surface area contributed by atoms with Gasteiger partial charge in [-0.3, -0.25) is 0 Å². The Bertz CT molecular complexity index is 316. The molecule has 0 rings (SSSR count). The van der Waals surface area contributed by atoms with E-state index in [1.54, 1.807) is 0 Å². The van der Waals surface area contributed by atoms with Crippen LogP contribution in [0.25, 0.3) is 0 Å². The SMILES string of the molecule is CCC[O][Zr]([O]CCC)([O]CCC)[O][Si](CC(C)C)(CC(C)C)CC(C)C. The van der Waals surface area contributed by atoms with Gasteiger partial charge in [0.25, 0.3) is 0 Å². The van der Waals surface area contributed by atoms with E-state index in [4.69, 9.17) is 10.9 Å². The van der Waals surface area contributed by atoms with Gasteiger partial charge in [-0.2, -0.15) is 0 Å². The Morgan fingerprint density at radius 2 is 0.889 bits per heavy atom. The van der Waals surface area contributed by atoms with Gasteiger partial charge >= 0.3 is 179 Å². The zero-order valence-electron chi connectivity index (χ0n) is 19.7. The Morgan fingerprint density at radius 1 is 0.593 bits per heavy atom. The molecule has 0 aromatic heterocycles. The molecule has 0 aliphatic heterocycles. The van der Waals surface area contributed by atoms with Gasteiger partial charge in [-0.15, -0.1) is 0 Å². The molecular formula is C21H48O4SiZr. The van der Waals surface area contributed by atoms with Crippen molar-refractivity contribution < 1.29 is 33.0 Å². The van der Waals surface area contributed by atoms with Gasteiger partial charge in [0, 0.05) is 0 Å². The van der Waals surface area contributed by atoms with Gasteiger partial charge in [-0.1, -0.05) is 0 Å². The molecule has 0 N–H and O–H groups in total. The van der Waals surface area contributed by atoms with Crippen molar-refractivity contribution in [2.24, 2.45) is 17.8 Å². The van der Waals surface area contributed by atoms with E-state index in [0.29, 0.717) is 37.6 Å². The maximum atomic E-state index is 7.15. The molecule has 164 valence electrons. The summed E-state index contributed by atoms with van der Waals surface area (Å²) >= 11 is -4.05. The Kier molecular flexibility index (Phi) is 15.4. The predicted octanol–water partition coefficient (Wildman–Crippen LogP) is 7.01. The number of hydrogen-bond donors (Lipinski definition) is 0. The van der Waals surface area contributed by atoms with Crippen LogP contribution >= 0.6 is 0 Å². The third-order valence-corrected chi connectivity index (χ3v) is 18.6. The van der Waals surface area contributed by atoms with E-state index in [1.165, 1.54) is 0 Å². The van der Waals surface area contributed by atoms with E-state index in [-0.39, 0.29) is 0 Å². The second kappa shape index (κ2) is 14.8. The maximum absolute atomic E-state index is 7.15. The molecule has 0 aromatic rings. The van der Waals surface area contributed by atoms with Crippen molar-refractivity contribution in [1.82, 2.24) is 0 Å². The van der Waals surface area contributed by atoms with Crippen molar-refractivity contribution in [3.63, 3.8) is 0 Å². The molecule has 0 aliphatic carbocycles. The van der Waals surface area contributed by atoms with E-state index < -0.39 is 30.3 Å². The molecule has 0 atom stereocenters. The van der Waals surface area contributed by atoms with E-state index in [0.717, 1.165) is 37.4 Å². The molecule has 0 spiro atoms. The monoisotopic (exact) mass is 482 g/mol. The van der Waals surface area contributed by atoms with E-state index >= 15 is 0 Å². The molecule has 0 aliphatic rings. The van der Waals surface area contributed by atoms with Crippen LogP contribution in [0.5, 0.6) is 0 Å². The quantitative estimate of drug-likeness (QED) is 0.208. The first kappa shape index (κ1) is 27.9. The van der Waals surface area contributed by atoms with Crippen LogP contribution in [-0.4, -0.2) is 28.1 Å². The molecule has 0 saturated heterocycles. The molecule has 0 saturated carbocycles. The fraction of sp³-hybridized carbons (Fsp3) is 1.00. The van der Waals surface area contributed by atoms with Crippen molar-refractivity contribution >= 4 is 8.32 Å². The van der Waals surface area contributed by atoms with Crippen molar-refractivity contribution in [3.8, 4) is 0 Å². The summed E-state index contributed by atoms with van der Waals surface area (Å²) in [6.45, 7) is 22.3. The third-order valence-electron chi connectivity index (χ3n) is 4.13. The molecule has 6 heteroatoms. The molecule has 0 bridgehead atoms. The summed E-state index contributed by atoms with van der Waals surface area (Å²) < 4.78 is 26.2. The molecule has 27 heavy (non-hydrogen) atoms. The molecule has 0 radical (unpaired) electrons.